The smallest absolute Gasteiger partial charge is 0.407 e. The second-order valence-electron chi connectivity index (χ2n) is 6.77. The van der Waals surface area contributed by atoms with Crippen LogP contribution in [0.25, 0.3) is 0 Å². The predicted octanol–water partition coefficient (Wildman–Crippen LogP) is 2.99. The molecule has 2 fully saturated rings. The van der Waals surface area contributed by atoms with Gasteiger partial charge in [0.2, 0.25) is 5.95 Å². The Bertz CT molecular complexity index is 588. The standard InChI is InChI=1S/C16H24ClN5O2/c1-10-6-7-12(22(16(23)24)11-4-2-3-5-11)9-21(10)14-8-13(17)19-15(18)20-14/h8,10-12H,2-7,9H2,1H3,(H,23,24)(H2,18,19,20). The second-order valence-corrected chi connectivity index (χ2v) is 7.15. The number of nitrogens with two attached hydrogens (primary N) is 1. The van der Waals surface area contributed by atoms with Crippen LogP contribution < -0.4 is 10.6 Å². The van der Waals surface area contributed by atoms with Gasteiger partial charge < -0.3 is 20.6 Å². The number of anilines is 2. The number of amides is 1. The molecule has 1 saturated carbocycles. The van der Waals surface area contributed by atoms with E-state index in [0.29, 0.717) is 17.5 Å². The van der Waals surface area contributed by atoms with Crippen molar-refractivity contribution in [2.24, 2.45) is 0 Å². The zero-order valence-electron chi connectivity index (χ0n) is 13.9. The Kier molecular flexibility index (Phi) is 4.99. The van der Waals surface area contributed by atoms with Crippen LogP contribution in [0.5, 0.6) is 0 Å². The lowest BCUT2D eigenvalue weighted by atomic mass is 9.96. The average molecular weight is 354 g/mol. The van der Waals surface area contributed by atoms with Crippen LogP contribution >= 0.6 is 11.6 Å². The van der Waals surface area contributed by atoms with E-state index < -0.39 is 6.09 Å². The highest BCUT2D eigenvalue weighted by molar-refractivity contribution is 6.29. The fourth-order valence-corrected chi connectivity index (χ4v) is 4.18. The van der Waals surface area contributed by atoms with Crippen molar-refractivity contribution in [3.05, 3.63) is 11.2 Å². The van der Waals surface area contributed by atoms with Crippen LogP contribution in [0.15, 0.2) is 6.07 Å². The van der Waals surface area contributed by atoms with Crippen LogP contribution in [0, 0.1) is 0 Å². The van der Waals surface area contributed by atoms with Crippen LogP contribution in [-0.4, -0.2) is 50.7 Å². The summed E-state index contributed by atoms with van der Waals surface area (Å²) in [7, 11) is 0. The molecule has 3 N–H and O–H groups in total. The molecule has 1 aliphatic heterocycles. The first-order valence-corrected chi connectivity index (χ1v) is 8.91. The summed E-state index contributed by atoms with van der Waals surface area (Å²) < 4.78 is 0. The van der Waals surface area contributed by atoms with Crippen molar-refractivity contribution in [1.82, 2.24) is 14.9 Å². The molecule has 132 valence electrons. The molecule has 0 bridgehead atoms. The van der Waals surface area contributed by atoms with Crippen molar-refractivity contribution < 1.29 is 9.90 Å². The molecular weight excluding hydrogens is 330 g/mol. The SMILES string of the molecule is CC1CCC(N(C(=O)O)C2CCCC2)CN1c1cc(Cl)nc(N)n1. The van der Waals surface area contributed by atoms with Gasteiger partial charge in [-0.2, -0.15) is 4.98 Å². The van der Waals surface area contributed by atoms with Crippen LogP contribution in [0.1, 0.15) is 45.4 Å². The minimum Gasteiger partial charge on any atom is -0.465 e. The normalized spacial score (nSPS) is 25.0. The van der Waals surface area contributed by atoms with Gasteiger partial charge in [0.1, 0.15) is 11.0 Å². The lowest BCUT2D eigenvalue weighted by Crippen LogP contribution is -2.55. The van der Waals surface area contributed by atoms with Crippen molar-refractivity contribution in [2.45, 2.75) is 63.6 Å². The number of halogens is 1. The number of carboxylic acid groups (broad SMARTS) is 1. The highest BCUT2D eigenvalue weighted by atomic mass is 35.5. The number of nitrogen functional groups attached to an aromatic ring is 1. The van der Waals surface area contributed by atoms with E-state index >= 15 is 0 Å². The number of aromatic nitrogens is 2. The Balaban J connectivity index is 1.82. The summed E-state index contributed by atoms with van der Waals surface area (Å²) in [5.41, 5.74) is 5.72. The summed E-state index contributed by atoms with van der Waals surface area (Å²) in [4.78, 5) is 23.8. The van der Waals surface area contributed by atoms with Gasteiger partial charge in [-0.3, -0.25) is 0 Å². The summed E-state index contributed by atoms with van der Waals surface area (Å²) >= 11 is 6.01. The number of rotatable bonds is 3. The van der Waals surface area contributed by atoms with E-state index in [0.717, 1.165) is 38.5 Å². The molecule has 1 saturated heterocycles. The van der Waals surface area contributed by atoms with Gasteiger partial charge in [-0.25, -0.2) is 9.78 Å². The maximum absolute atomic E-state index is 11.9. The van der Waals surface area contributed by atoms with E-state index in [-0.39, 0.29) is 24.1 Å². The number of piperidine rings is 1. The number of hydrogen-bond acceptors (Lipinski definition) is 5. The van der Waals surface area contributed by atoms with Crippen molar-refractivity contribution in [3.63, 3.8) is 0 Å². The molecule has 24 heavy (non-hydrogen) atoms. The van der Waals surface area contributed by atoms with Gasteiger partial charge in [0.15, 0.2) is 0 Å². The molecule has 2 unspecified atom stereocenters. The Morgan fingerprint density at radius 1 is 1.29 bits per heavy atom. The van der Waals surface area contributed by atoms with Crippen LogP contribution in [0.4, 0.5) is 16.6 Å². The quantitative estimate of drug-likeness (QED) is 0.811. The summed E-state index contributed by atoms with van der Waals surface area (Å²) in [6, 6.07) is 2.06. The molecule has 0 radical (unpaired) electrons. The topological polar surface area (TPSA) is 95.6 Å². The molecule has 8 heteroatoms. The average Bonchev–Trinajstić information content (AvgIpc) is 3.01. The minimum atomic E-state index is -0.818. The number of carbonyl (C=O) groups is 1. The third-order valence-electron chi connectivity index (χ3n) is 5.18. The maximum Gasteiger partial charge on any atom is 0.407 e. The first-order valence-electron chi connectivity index (χ1n) is 8.53. The molecule has 1 aromatic heterocycles. The van der Waals surface area contributed by atoms with E-state index in [4.69, 9.17) is 17.3 Å². The van der Waals surface area contributed by atoms with E-state index in [9.17, 15) is 9.90 Å². The fourth-order valence-electron chi connectivity index (χ4n) is 4.00. The lowest BCUT2D eigenvalue weighted by molar-refractivity contribution is 0.0901. The third kappa shape index (κ3) is 3.50. The Labute approximate surface area is 146 Å². The molecule has 1 amide bonds. The first kappa shape index (κ1) is 17.1. The Morgan fingerprint density at radius 3 is 2.62 bits per heavy atom. The first-order chi connectivity index (χ1) is 11.5. The predicted molar refractivity (Wildman–Crippen MR) is 93.4 cm³/mol. The maximum atomic E-state index is 11.9. The van der Waals surface area contributed by atoms with Crippen molar-refractivity contribution in [2.75, 3.05) is 17.2 Å². The molecule has 1 aliphatic carbocycles. The van der Waals surface area contributed by atoms with Crippen molar-refractivity contribution >= 4 is 29.5 Å². The van der Waals surface area contributed by atoms with Gasteiger partial charge in [-0.05, 0) is 32.6 Å². The zero-order valence-corrected chi connectivity index (χ0v) is 14.6. The molecule has 7 nitrogen and oxygen atoms in total. The minimum absolute atomic E-state index is 0.0308. The molecule has 2 aliphatic rings. The van der Waals surface area contributed by atoms with Crippen LogP contribution in [-0.2, 0) is 0 Å². The zero-order chi connectivity index (χ0) is 17.3. The lowest BCUT2D eigenvalue weighted by Gasteiger charge is -2.44. The highest BCUT2D eigenvalue weighted by Crippen LogP contribution is 2.32. The van der Waals surface area contributed by atoms with E-state index in [2.05, 4.69) is 21.8 Å². The molecule has 3 rings (SSSR count). The van der Waals surface area contributed by atoms with Gasteiger partial charge in [0, 0.05) is 24.7 Å². The van der Waals surface area contributed by atoms with Gasteiger partial charge in [-0.1, -0.05) is 24.4 Å². The third-order valence-corrected chi connectivity index (χ3v) is 5.38. The molecule has 1 aromatic rings. The van der Waals surface area contributed by atoms with Gasteiger partial charge in [0.25, 0.3) is 0 Å². The number of hydrogen-bond donors (Lipinski definition) is 2. The highest BCUT2D eigenvalue weighted by Gasteiger charge is 2.37. The van der Waals surface area contributed by atoms with Gasteiger partial charge >= 0.3 is 6.09 Å². The molecule has 0 aromatic carbocycles. The Morgan fingerprint density at radius 2 is 2.00 bits per heavy atom. The largest absolute Gasteiger partial charge is 0.465 e. The number of nitrogens with zero attached hydrogens (tertiary/aromatic N) is 4. The second kappa shape index (κ2) is 7.01. The molecule has 2 heterocycles. The molecule has 0 spiro atoms. The van der Waals surface area contributed by atoms with E-state index in [1.165, 1.54) is 0 Å². The van der Waals surface area contributed by atoms with Crippen molar-refractivity contribution in [1.29, 1.82) is 0 Å². The van der Waals surface area contributed by atoms with Gasteiger partial charge in [0.05, 0.1) is 6.04 Å². The Hall–Kier alpha value is -1.76. The van der Waals surface area contributed by atoms with Crippen molar-refractivity contribution in [3.8, 4) is 0 Å². The fraction of sp³-hybridized carbons (Fsp3) is 0.688. The van der Waals surface area contributed by atoms with Crippen LogP contribution in [0.2, 0.25) is 5.15 Å². The van der Waals surface area contributed by atoms with E-state index in [1.807, 2.05) is 0 Å². The van der Waals surface area contributed by atoms with E-state index in [1.54, 1.807) is 11.0 Å². The monoisotopic (exact) mass is 353 g/mol. The molecular formula is C16H24ClN5O2. The summed E-state index contributed by atoms with van der Waals surface area (Å²) in [5, 5.41) is 10.0. The molecule has 2 atom stereocenters. The van der Waals surface area contributed by atoms with Crippen LogP contribution in [0.3, 0.4) is 0 Å². The summed E-state index contributed by atoms with van der Waals surface area (Å²) in [6.07, 6.45) is 5.10. The van der Waals surface area contributed by atoms with Gasteiger partial charge in [-0.15, -0.1) is 0 Å². The summed E-state index contributed by atoms with van der Waals surface area (Å²) in [5.74, 6) is 0.805. The summed E-state index contributed by atoms with van der Waals surface area (Å²) in [6.45, 7) is 2.72.